The van der Waals surface area contributed by atoms with Crippen LogP contribution in [0.2, 0.25) is 0 Å². The summed E-state index contributed by atoms with van der Waals surface area (Å²) in [6, 6.07) is 9.03. The lowest BCUT2D eigenvalue weighted by molar-refractivity contribution is 0.0940. The van der Waals surface area contributed by atoms with E-state index < -0.39 is 23.3 Å². The van der Waals surface area contributed by atoms with Crippen molar-refractivity contribution in [2.75, 3.05) is 13.7 Å². The van der Waals surface area contributed by atoms with Gasteiger partial charge in [-0.2, -0.15) is 0 Å². The van der Waals surface area contributed by atoms with Gasteiger partial charge >= 0.3 is 0 Å². The second kappa shape index (κ2) is 9.72. The molecule has 0 aliphatic heterocycles. The van der Waals surface area contributed by atoms with Crippen molar-refractivity contribution < 1.29 is 23.0 Å². The summed E-state index contributed by atoms with van der Waals surface area (Å²) in [5, 5.41) is 2.80. The SMILES string of the molecule is COc1ccc(COc2c(F)cc(C(=O)NCC3CCC(C)CC3)cc2F)cc1. The summed E-state index contributed by atoms with van der Waals surface area (Å²) < 4.78 is 39.1. The number of carbonyl (C=O) groups is 1. The lowest BCUT2D eigenvalue weighted by atomic mass is 9.83. The summed E-state index contributed by atoms with van der Waals surface area (Å²) in [5.41, 5.74) is 0.703. The number of methoxy groups -OCH3 is 1. The number of benzene rings is 2. The minimum atomic E-state index is -0.893. The van der Waals surface area contributed by atoms with Gasteiger partial charge in [0, 0.05) is 12.1 Å². The molecular weight excluding hydrogens is 376 g/mol. The van der Waals surface area contributed by atoms with Gasteiger partial charge in [-0.25, -0.2) is 8.78 Å². The smallest absolute Gasteiger partial charge is 0.251 e. The minimum absolute atomic E-state index is 0.00345. The molecule has 0 spiro atoms. The van der Waals surface area contributed by atoms with Crippen molar-refractivity contribution in [3.63, 3.8) is 0 Å². The first-order valence-corrected chi connectivity index (χ1v) is 9.99. The van der Waals surface area contributed by atoms with Crippen LogP contribution in [0.4, 0.5) is 8.78 Å². The molecule has 2 aromatic rings. The quantitative estimate of drug-likeness (QED) is 0.699. The molecule has 2 aromatic carbocycles. The fourth-order valence-corrected chi connectivity index (χ4v) is 3.58. The highest BCUT2D eigenvalue weighted by atomic mass is 19.1. The van der Waals surface area contributed by atoms with E-state index in [0.717, 1.165) is 49.3 Å². The average Bonchev–Trinajstić information content (AvgIpc) is 2.72. The zero-order valence-corrected chi connectivity index (χ0v) is 16.8. The summed E-state index contributed by atoms with van der Waals surface area (Å²) in [6.45, 7) is 2.77. The zero-order valence-electron chi connectivity index (χ0n) is 16.8. The van der Waals surface area contributed by atoms with Crippen LogP contribution in [0.3, 0.4) is 0 Å². The highest BCUT2D eigenvalue weighted by molar-refractivity contribution is 5.94. The van der Waals surface area contributed by atoms with E-state index in [4.69, 9.17) is 9.47 Å². The van der Waals surface area contributed by atoms with E-state index in [-0.39, 0.29) is 12.2 Å². The van der Waals surface area contributed by atoms with Crippen LogP contribution in [0.1, 0.15) is 48.5 Å². The third kappa shape index (κ3) is 5.68. The first kappa shape index (κ1) is 21.1. The summed E-state index contributed by atoms with van der Waals surface area (Å²) in [6.07, 6.45) is 4.46. The van der Waals surface area contributed by atoms with Crippen LogP contribution in [0, 0.1) is 23.5 Å². The molecule has 0 aromatic heterocycles. The normalized spacial score (nSPS) is 18.9. The van der Waals surface area contributed by atoms with Gasteiger partial charge in [0.25, 0.3) is 5.91 Å². The maximum atomic E-state index is 14.4. The van der Waals surface area contributed by atoms with E-state index >= 15 is 0 Å². The standard InChI is InChI=1S/C23H27F2NO3/c1-15-3-5-16(6-4-15)13-26-23(27)18-11-20(24)22(21(25)12-18)29-14-17-7-9-19(28-2)10-8-17/h7-12,15-16H,3-6,13-14H2,1-2H3,(H,26,27). The molecule has 4 nitrogen and oxygen atoms in total. The molecule has 0 saturated heterocycles. The van der Waals surface area contributed by atoms with Gasteiger partial charge in [-0.3, -0.25) is 4.79 Å². The molecule has 156 valence electrons. The third-order valence-corrected chi connectivity index (χ3v) is 5.49. The Kier molecular flexibility index (Phi) is 7.07. The molecule has 0 unspecified atom stereocenters. The maximum absolute atomic E-state index is 14.4. The molecule has 3 rings (SSSR count). The van der Waals surface area contributed by atoms with Gasteiger partial charge in [-0.1, -0.05) is 31.9 Å². The van der Waals surface area contributed by atoms with Crippen LogP contribution < -0.4 is 14.8 Å². The Hall–Kier alpha value is -2.63. The largest absolute Gasteiger partial charge is 0.497 e. The first-order valence-electron chi connectivity index (χ1n) is 9.99. The van der Waals surface area contributed by atoms with Crippen molar-refractivity contribution in [2.45, 2.75) is 39.2 Å². The van der Waals surface area contributed by atoms with Crippen LogP contribution in [0.5, 0.6) is 11.5 Å². The van der Waals surface area contributed by atoms with Crippen LogP contribution >= 0.6 is 0 Å². The molecule has 1 saturated carbocycles. The molecule has 0 bridgehead atoms. The monoisotopic (exact) mass is 403 g/mol. The highest BCUT2D eigenvalue weighted by Crippen LogP contribution is 2.28. The first-order chi connectivity index (χ1) is 14.0. The lowest BCUT2D eigenvalue weighted by Gasteiger charge is -2.26. The zero-order chi connectivity index (χ0) is 20.8. The van der Waals surface area contributed by atoms with Crippen molar-refractivity contribution in [1.82, 2.24) is 5.32 Å². The molecule has 0 radical (unpaired) electrons. The second-order valence-corrected chi connectivity index (χ2v) is 7.74. The number of halogens is 2. The van der Waals surface area contributed by atoms with Crippen LogP contribution in [-0.4, -0.2) is 19.6 Å². The second-order valence-electron chi connectivity index (χ2n) is 7.74. The highest BCUT2D eigenvalue weighted by Gasteiger charge is 2.20. The topological polar surface area (TPSA) is 47.6 Å². The molecule has 1 amide bonds. The summed E-state index contributed by atoms with van der Waals surface area (Å²) in [7, 11) is 1.56. The summed E-state index contributed by atoms with van der Waals surface area (Å²) >= 11 is 0. The lowest BCUT2D eigenvalue weighted by Crippen LogP contribution is -2.31. The average molecular weight is 403 g/mol. The summed E-state index contributed by atoms with van der Waals surface area (Å²) in [4.78, 5) is 12.3. The Labute approximate surface area is 170 Å². The van der Waals surface area contributed by atoms with Gasteiger partial charge in [0.1, 0.15) is 12.4 Å². The van der Waals surface area contributed by atoms with Crippen LogP contribution in [0.15, 0.2) is 36.4 Å². The number of nitrogens with one attached hydrogen (secondary N) is 1. The van der Waals surface area contributed by atoms with Gasteiger partial charge in [0.2, 0.25) is 0 Å². The van der Waals surface area contributed by atoms with Crippen molar-refractivity contribution in [3.8, 4) is 11.5 Å². The van der Waals surface area contributed by atoms with Gasteiger partial charge in [0.05, 0.1) is 7.11 Å². The molecule has 1 fully saturated rings. The molecule has 1 aliphatic rings. The van der Waals surface area contributed by atoms with E-state index in [2.05, 4.69) is 12.2 Å². The van der Waals surface area contributed by atoms with Crippen molar-refractivity contribution in [3.05, 3.63) is 59.2 Å². The Morgan fingerprint density at radius 1 is 1.07 bits per heavy atom. The van der Waals surface area contributed by atoms with Gasteiger partial charge in [0.15, 0.2) is 17.4 Å². The van der Waals surface area contributed by atoms with Crippen molar-refractivity contribution in [1.29, 1.82) is 0 Å². The molecule has 6 heteroatoms. The van der Waals surface area contributed by atoms with E-state index in [1.807, 2.05) is 0 Å². The van der Waals surface area contributed by atoms with E-state index in [1.165, 1.54) is 0 Å². The Bertz CT molecular complexity index is 808. The Morgan fingerprint density at radius 3 is 2.28 bits per heavy atom. The number of rotatable bonds is 7. The molecule has 1 aliphatic carbocycles. The fraction of sp³-hybridized carbons (Fsp3) is 0.435. The number of hydrogen-bond acceptors (Lipinski definition) is 3. The Morgan fingerprint density at radius 2 is 1.69 bits per heavy atom. The van der Waals surface area contributed by atoms with E-state index in [0.29, 0.717) is 18.2 Å². The van der Waals surface area contributed by atoms with Gasteiger partial charge < -0.3 is 14.8 Å². The maximum Gasteiger partial charge on any atom is 0.251 e. The molecule has 0 heterocycles. The molecule has 1 N–H and O–H groups in total. The van der Waals surface area contributed by atoms with Crippen LogP contribution in [-0.2, 0) is 6.61 Å². The number of hydrogen-bond donors (Lipinski definition) is 1. The van der Waals surface area contributed by atoms with Crippen molar-refractivity contribution in [2.24, 2.45) is 11.8 Å². The minimum Gasteiger partial charge on any atom is -0.497 e. The number of ether oxygens (including phenoxy) is 2. The predicted molar refractivity (Wildman–Crippen MR) is 107 cm³/mol. The summed E-state index contributed by atoms with van der Waals surface area (Å²) in [5.74, 6) is -0.899. The van der Waals surface area contributed by atoms with Crippen molar-refractivity contribution >= 4 is 5.91 Å². The fourth-order valence-electron chi connectivity index (χ4n) is 3.58. The third-order valence-electron chi connectivity index (χ3n) is 5.49. The van der Waals surface area contributed by atoms with Crippen LogP contribution in [0.25, 0.3) is 0 Å². The number of carbonyl (C=O) groups excluding carboxylic acids is 1. The molecule has 0 atom stereocenters. The van der Waals surface area contributed by atoms with Gasteiger partial charge in [-0.15, -0.1) is 0 Å². The van der Waals surface area contributed by atoms with E-state index in [1.54, 1.807) is 31.4 Å². The predicted octanol–water partition coefficient (Wildman–Crippen LogP) is 5.11. The molecule has 29 heavy (non-hydrogen) atoms. The number of amides is 1. The van der Waals surface area contributed by atoms with E-state index in [9.17, 15) is 13.6 Å². The Balaban J connectivity index is 1.58. The molecular formula is C23H27F2NO3. The van der Waals surface area contributed by atoms with Gasteiger partial charge in [-0.05, 0) is 54.5 Å².